The van der Waals surface area contributed by atoms with E-state index >= 15 is 0 Å². The summed E-state index contributed by atoms with van der Waals surface area (Å²) in [5, 5.41) is 0. The third kappa shape index (κ3) is 1.11. The standard InChI is InChI=1S/C11H19N/c1-8-9(2)11-5-4-6-12(7-11)10(8)3/h10-11H,4-7H2,1-3H3. The van der Waals surface area contributed by atoms with Crippen molar-refractivity contribution in [3.63, 3.8) is 0 Å². The van der Waals surface area contributed by atoms with E-state index in [9.17, 15) is 0 Å². The summed E-state index contributed by atoms with van der Waals surface area (Å²) in [5.41, 5.74) is 3.31. The van der Waals surface area contributed by atoms with Gasteiger partial charge in [0.25, 0.3) is 0 Å². The molecule has 0 saturated carbocycles. The minimum absolute atomic E-state index is 0.710. The number of fused-ring (bicyclic) bond motifs is 2. The Balaban J connectivity index is 2.30. The van der Waals surface area contributed by atoms with Crippen molar-refractivity contribution in [1.82, 2.24) is 4.90 Å². The molecule has 2 bridgehead atoms. The van der Waals surface area contributed by atoms with Crippen LogP contribution in [0.3, 0.4) is 0 Å². The maximum atomic E-state index is 2.64. The molecule has 68 valence electrons. The first-order chi connectivity index (χ1) is 5.70. The van der Waals surface area contributed by atoms with E-state index in [0.717, 1.165) is 5.92 Å². The van der Waals surface area contributed by atoms with E-state index < -0.39 is 0 Å². The molecule has 0 aromatic heterocycles. The van der Waals surface area contributed by atoms with Gasteiger partial charge in [0.05, 0.1) is 0 Å². The molecule has 2 aliphatic rings. The molecule has 1 heteroatoms. The SMILES string of the molecule is CC1=C(C)C(C)N2CCCC1C2. The van der Waals surface area contributed by atoms with Crippen LogP contribution in [0.1, 0.15) is 33.6 Å². The zero-order chi connectivity index (χ0) is 8.72. The van der Waals surface area contributed by atoms with E-state index in [1.165, 1.54) is 25.9 Å². The van der Waals surface area contributed by atoms with Crippen molar-refractivity contribution in [3.05, 3.63) is 11.1 Å². The molecule has 1 nitrogen and oxygen atoms in total. The average molecular weight is 165 g/mol. The zero-order valence-electron chi connectivity index (χ0n) is 8.43. The summed E-state index contributed by atoms with van der Waals surface area (Å²) in [7, 11) is 0. The highest BCUT2D eigenvalue weighted by atomic mass is 15.2. The summed E-state index contributed by atoms with van der Waals surface area (Å²) in [4.78, 5) is 2.64. The molecule has 1 saturated heterocycles. The van der Waals surface area contributed by atoms with Crippen LogP contribution < -0.4 is 0 Å². The Bertz CT molecular complexity index is 207. The van der Waals surface area contributed by atoms with E-state index in [1.807, 2.05) is 0 Å². The van der Waals surface area contributed by atoms with Gasteiger partial charge < -0.3 is 0 Å². The average Bonchev–Trinajstić information content (AvgIpc) is 2.13. The van der Waals surface area contributed by atoms with Gasteiger partial charge in [0.1, 0.15) is 0 Å². The Kier molecular flexibility index (Phi) is 1.99. The predicted molar refractivity (Wildman–Crippen MR) is 52.1 cm³/mol. The summed E-state index contributed by atoms with van der Waals surface area (Å²) in [6, 6.07) is 0.710. The van der Waals surface area contributed by atoms with Gasteiger partial charge in [-0.15, -0.1) is 0 Å². The number of hydrogen-bond donors (Lipinski definition) is 0. The number of nitrogens with zero attached hydrogens (tertiary/aromatic N) is 1. The van der Waals surface area contributed by atoms with Crippen LogP contribution in [-0.4, -0.2) is 24.0 Å². The Morgan fingerprint density at radius 3 is 2.75 bits per heavy atom. The summed E-state index contributed by atoms with van der Waals surface area (Å²) in [6.07, 6.45) is 2.83. The first-order valence-corrected chi connectivity index (χ1v) is 5.11. The third-order valence-electron chi connectivity index (χ3n) is 3.86. The Morgan fingerprint density at radius 1 is 1.25 bits per heavy atom. The molecule has 3 atom stereocenters. The lowest BCUT2D eigenvalue weighted by Gasteiger charge is -2.43. The molecule has 3 unspecified atom stereocenters. The molecule has 0 aromatic carbocycles. The van der Waals surface area contributed by atoms with Gasteiger partial charge in [0.15, 0.2) is 0 Å². The van der Waals surface area contributed by atoms with Crippen molar-refractivity contribution < 1.29 is 0 Å². The Labute approximate surface area is 75.4 Å². The lowest BCUT2D eigenvalue weighted by atomic mass is 9.82. The maximum Gasteiger partial charge on any atom is 0.0279 e. The summed E-state index contributed by atoms with van der Waals surface area (Å²) in [6.45, 7) is 9.64. The quantitative estimate of drug-likeness (QED) is 0.498. The van der Waals surface area contributed by atoms with Gasteiger partial charge in [-0.1, -0.05) is 11.1 Å². The van der Waals surface area contributed by atoms with Gasteiger partial charge >= 0.3 is 0 Å². The molecule has 0 radical (unpaired) electrons. The number of rotatable bonds is 0. The van der Waals surface area contributed by atoms with Crippen LogP contribution in [0, 0.1) is 5.92 Å². The van der Waals surface area contributed by atoms with E-state index in [2.05, 4.69) is 25.7 Å². The fourth-order valence-electron chi connectivity index (χ4n) is 2.64. The van der Waals surface area contributed by atoms with Crippen LogP contribution in [0.4, 0.5) is 0 Å². The van der Waals surface area contributed by atoms with Crippen molar-refractivity contribution in [3.8, 4) is 0 Å². The smallest absolute Gasteiger partial charge is 0.0279 e. The van der Waals surface area contributed by atoms with Gasteiger partial charge in [-0.05, 0) is 46.1 Å². The molecule has 2 rings (SSSR count). The highest BCUT2D eigenvalue weighted by Gasteiger charge is 2.31. The first-order valence-electron chi connectivity index (χ1n) is 5.11. The monoisotopic (exact) mass is 165 g/mol. The highest BCUT2D eigenvalue weighted by molar-refractivity contribution is 5.22. The zero-order valence-corrected chi connectivity index (χ0v) is 8.43. The Morgan fingerprint density at radius 2 is 2.00 bits per heavy atom. The summed E-state index contributed by atoms with van der Waals surface area (Å²) < 4.78 is 0. The third-order valence-corrected chi connectivity index (χ3v) is 3.86. The Hall–Kier alpha value is -0.300. The molecule has 0 N–H and O–H groups in total. The maximum absolute atomic E-state index is 2.64. The fourth-order valence-corrected chi connectivity index (χ4v) is 2.64. The predicted octanol–water partition coefficient (Wildman–Crippen LogP) is 2.44. The van der Waals surface area contributed by atoms with Crippen molar-refractivity contribution in [1.29, 1.82) is 0 Å². The molecule has 12 heavy (non-hydrogen) atoms. The number of hydrogen-bond acceptors (Lipinski definition) is 1. The lowest BCUT2D eigenvalue weighted by molar-refractivity contribution is 0.142. The van der Waals surface area contributed by atoms with Gasteiger partial charge in [-0.3, -0.25) is 4.90 Å². The van der Waals surface area contributed by atoms with E-state index in [4.69, 9.17) is 0 Å². The molecular weight excluding hydrogens is 146 g/mol. The van der Waals surface area contributed by atoms with E-state index in [0.29, 0.717) is 6.04 Å². The topological polar surface area (TPSA) is 3.24 Å². The molecule has 1 fully saturated rings. The van der Waals surface area contributed by atoms with Crippen LogP contribution >= 0.6 is 0 Å². The molecule has 0 aromatic rings. The van der Waals surface area contributed by atoms with Crippen molar-refractivity contribution in [2.45, 2.75) is 39.7 Å². The van der Waals surface area contributed by atoms with Gasteiger partial charge in [-0.25, -0.2) is 0 Å². The second-order valence-electron chi connectivity index (χ2n) is 4.38. The minimum atomic E-state index is 0.710. The van der Waals surface area contributed by atoms with Crippen LogP contribution in [0.5, 0.6) is 0 Å². The van der Waals surface area contributed by atoms with E-state index in [1.54, 1.807) is 11.1 Å². The fraction of sp³-hybridized carbons (Fsp3) is 0.818. The van der Waals surface area contributed by atoms with Crippen LogP contribution in [0.25, 0.3) is 0 Å². The second-order valence-corrected chi connectivity index (χ2v) is 4.38. The second kappa shape index (κ2) is 2.88. The molecular formula is C11H19N. The molecule has 2 heterocycles. The normalized spacial score (nSPS) is 41.8. The summed E-state index contributed by atoms with van der Waals surface area (Å²) in [5.74, 6) is 0.884. The molecule has 0 amide bonds. The largest absolute Gasteiger partial charge is 0.296 e. The summed E-state index contributed by atoms with van der Waals surface area (Å²) >= 11 is 0. The molecule has 2 aliphatic heterocycles. The van der Waals surface area contributed by atoms with Crippen molar-refractivity contribution in [2.24, 2.45) is 5.92 Å². The van der Waals surface area contributed by atoms with Gasteiger partial charge in [0, 0.05) is 12.6 Å². The lowest BCUT2D eigenvalue weighted by Crippen LogP contribution is -2.46. The van der Waals surface area contributed by atoms with Crippen LogP contribution in [0.2, 0.25) is 0 Å². The van der Waals surface area contributed by atoms with Crippen molar-refractivity contribution >= 4 is 0 Å². The number of piperidine rings is 1. The highest BCUT2D eigenvalue weighted by Crippen LogP contribution is 2.33. The van der Waals surface area contributed by atoms with Gasteiger partial charge in [-0.2, -0.15) is 0 Å². The van der Waals surface area contributed by atoms with Crippen molar-refractivity contribution in [2.75, 3.05) is 13.1 Å². The van der Waals surface area contributed by atoms with E-state index in [-0.39, 0.29) is 0 Å². The first kappa shape index (κ1) is 8.31. The molecule has 0 aliphatic carbocycles. The minimum Gasteiger partial charge on any atom is -0.296 e. The van der Waals surface area contributed by atoms with Crippen LogP contribution in [-0.2, 0) is 0 Å². The van der Waals surface area contributed by atoms with Crippen LogP contribution in [0.15, 0.2) is 11.1 Å². The molecule has 0 spiro atoms. The van der Waals surface area contributed by atoms with Gasteiger partial charge in [0.2, 0.25) is 0 Å².